The number of methoxy groups -OCH3 is 1. The van der Waals surface area contributed by atoms with Crippen LogP contribution < -0.4 is 15.8 Å². The van der Waals surface area contributed by atoms with E-state index in [1.54, 1.807) is 30.1 Å². The average Bonchev–Trinajstić information content (AvgIpc) is 2.53. The Balaban J connectivity index is 2.02. The summed E-state index contributed by atoms with van der Waals surface area (Å²) in [6.45, 7) is 1.17. The van der Waals surface area contributed by atoms with Crippen LogP contribution in [0, 0.1) is 5.92 Å². The molecule has 1 aromatic carbocycles. The van der Waals surface area contributed by atoms with Crippen molar-refractivity contribution in [3.8, 4) is 5.75 Å². The zero-order valence-electron chi connectivity index (χ0n) is 12.4. The Morgan fingerprint density at radius 2 is 2.00 bits per heavy atom. The van der Waals surface area contributed by atoms with Gasteiger partial charge in [-0.1, -0.05) is 0 Å². The Bertz CT molecular complexity index is 537. The molecule has 114 valence electrons. The number of nitrogens with two attached hydrogens (primary N) is 1. The van der Waals surface area contributed by atoms with Crippen molar-refractivity contribution >= 4 is 17.5 Å². The van der Waals surface area contributed by atoms with E-state index < -0.39 is 0 Å². The summed E-state index contributed by atoms with van der Waals surface area (Å²) in [5.74, 6) is 0.556. The van der Waals surface area contributed by atoms with Gasteiger partial charge in [-0.15, -0.1) is 0 Å². The Morgan fingerprint density at radius 3 is 2.52 bits per heavy atom. The molecule has 1 aliphatic rings. The SMILES string of the molecule is CNC(=O)C1CCN(C(=O)c2ccc(OC)c(N)c2)CC1. The fourth-order valence-corrected chi connectivity index (χ4v) is 2.60. The largest absolute Gasteiger partial charge is 0.495 e. The maximum Gasteiger partial charge on any atom is 0.253 e. The number of likely N-dealkylation sites (tertiary alicyclic amines) is 1. The van der Waals surface area contributed by atoms with Crippen LogP contribution >= 0.6 is 0 Å². The van der Waals surface area contributed by atoms with Crippen LogP contribution in [0.5, 0.6) is 5.75 Å². The average molecular weight is 291 g/mol. The van der Waals surface area contributed by atoms with E-state index in [2.05, 4.69) is 5.32 Å². The zero-order chi connectivity index (χ0) is 15.4. The minimum atomic E-state index is -0.0558. The smallest absolute Gasteiger partial charge is 0.253 e. The lowest BCUT2D eigenvalue weighted by Gasteiger charge is -2.31. The summed E-state index contributed by atoms with van der Waals surface area (Å²) in [5, 5.41) is 2.66. The highest BCUT2D eigenvalue weighted by Gasteiger charge is 2.27. The third kappa shape index (κ3) is 3.26. The van der Waals surface area contributed by atoms with Crippen molar-refractivity contribution in [1.82, 2.24) is 10.2 Å². The molecule has 0 saturated carbocycles. The van der Waals surface area contributed by atoms with Crippen molar-refractivity contribution in [2.75, 3.05) is 33.0 Å². The first-order chi connectivity index (χ1) is 10.1. The molecule has 3 N–H and O–H groups in total. The molecule has 2 amide bonds. The first-order valence-corrected chi connectivity index (χ1v) is 7.01. The van der Waals surface area contributed by atoms with Crippen molar-refractivity contribution in [3.05, 3.63) is 23.8 Å². The number of carbonyl (C=O) groups is 2. The molecule has 1 fully saturated rings. The van der Waals surface area contributed by atoms with E-state index in [4.69, 9.17) is 10.5 Å². The van der Waals surface area contributed by atoms with Gasteiger partial charge in [0.1, 0.15) is 5.75 Å². The Labute approximate surface area is 124 Å². The first-order valence-electron chi connectivity index (χ1n) is 7.01. The molecule has 0 radical (unpaired) electrons. The van der Waals surface area contributed by atoms with Crippen LogP contribution in [0.4, 0.5) is 5.69 Å². The van der Waals surface area contributed by atoms with Gasteiger partial charge in [0.2, 0.25) is 5.91 Å². The van der Waals surface area contributed by atoms with Gasteiger partial charge in [-0.05, 0) is 31.0 Å². The summed E-state index contributed by atoms with van der Waals surface area (Å²) in [6, 6.07) is 5.04. The van der Waals surface area contributed by atoms with Crippen LogP contribution in [0.25, 0.3) is 0 Å². The van der Waals surface area contributed by atoms with Gasteiger partial charge in [0.15, 0.2) is 0 Å². The number of nitrogens with one attached hydrogen (secondary N) is 1. The second-order valence-electron chi connectivity index (χ2n) is 5.14. The molecule has 0 bridgehead atoms. The molecule has 0 atom stereocenters. The Hall–Kier alpha value is -2.24. The number of ether oxygens (including phenoxy) is 1. The molecule has 0 spiro atoms. The number of nitrogen functional groups attached to an aromatic ring is 1. The van der Waals surface area contributed by atoms with E-state index in [9.17, 15) is 9.59 Å². The summed E-state index contributed by atoms with van der Waals surface area (Å²) in [6.07, 6.45) is 1.38. The summed E-state index contributed by atoms with van der Waals surface area (Å²) in [4.78, 5) is 25.8. The number of hydrogen-bond acceptors (Lipinski definition) is 4. The summed E-state index contributed by atoms with van der Waals surface area (Å²) in [7, 11) is 3.18. The van der Waals surface area contributed by atoms with Gasteiger partial charge in [0.25, 0.3) is 5.91 Å². The fraction of sp³-hybridized carbons (Fsp3) is 0.467. The highest BCUT2D eigenvalue weighted by molar-refractivity contribution is 5.95. The van der Waals surface area contributed by atoms with Crippen LogP contribution in [-0.4, -0.2) is 44.0 Å². The van der Waals surface area contributed by atoms with Gasteiger partial charge in [-0.3, -0.25) is 9.59 Å². The predicted octanol–water partition coefficient (Wildman–Crippen LogP) is 0.876. The maximum absolute atomic E-state index is 12.4. The third-order valence-corrected chi connectivity index (χ3v) is 3.88. The molecule has 1 saturated heterocycles. The number of benzene rings is 1. The van der Waals surface area contributed by atoms with Crippen LogP contribution in [-0.2, 0) is 4.79 Å². The Kier molecular flexibility index (Phi) is 4.67. The van der Waals surface area contributed by atoms with Crippen LogP contribution in [0.3, 0.4) is 0 Å². The van der Waals surface area contributed by atoms with Gasteiger partial charge in [-0.2, -0.15) is 0 Å². The van der Waals surface area contributed by atoms with Gasteiger partial charge in [0, 0.05) is 31.6 Å². The molecule has 6 heteroatoms. The van der Waals surface area contributed by atoms with E-state index in [1.165, 1.54) is 7.11 Å². The second-order valence-corrected chi connectivity index (χ2v) is 5.14. The lowest BCUT2D eigenvalue weighted by Crippen LogP contribution is -2.42. The van der Waals surface area contributed by atoms with Crippen molar-refractivity contribution in [2.24, 2.45) is 5.92 Å². The Morgan fingerprint density at radius 1 is 1.33 bits per heavy atom. The quantitative estimate of drug-likeness (QED) is 0.810. The lowest BCUT2D eigenvalue weighted by atomic mass is 9.95. The zero-order valence-corrected chi connectivity index (χ0v) is 12.4. The van der Waals surface area contributed by atoms with Crippen LogP contribution in [0.1, 0.15) is 23.2 Å². The molecule has 0 aliphatic carbocycles. The third-order valence-electron chi connectivity index (χ3n) is 3.88. The predicted molar refractivity (Wildman–Crippen MR) is 80.1 cm³/mol. The second kappa shape index (κ2) is 6.47. The standard InChI is InChI=1S/C15H21N3O3/c1-17-14(19)10-5-7-18(8-6-10)15(20)11-3-4-13(21-2)12(16)9-11/h3-4,9-10H,5-8,16H2,1-2H3,(H,17,19). The van der Waals surface area contributed by atoms with Gasteiger partial charge in [0.05, 0.1) is 12.8 Å². The molecular weight excluding hydrogens is 270 g/mol. The molecular formula is C15H21N3O3. The summed E-state index contributed by atoms with van der Waals surface area (Å²) in [5.41, 5.74) is 6.83. The molecule has 1 aliphatic heterocycles. The van der Waals surface area contributed by atoms with E-state index in [0.29, 0.717) is 42.9 Å². The summed E-state index contributed by atoms with van der Waals surface area (Å²) < 4.78 is 5.08. The monoisotopic (exact) mass is 291 g/mol. The normalized spacial score (nSPS) is 15.6. The van der Waals surface area contributed by atoms with E-state index in [1.807, 2.05) is 0 Å². The number of carbonyl (C=O) groups excluding carboxylic acids is 2. The molecule has 0 aromatic heterocycles. The van der Waals surface area contributed by atoms with E-state index in [-0.39, 0.29) is 17.7 Å². The van der Waals surface area contributed by atoms with Crippen LogP contribution in [0.2, 0.25) is 0 Å². The van der Waals surface area contributed by atoms with Crippen molar-refractivity contribution in [3.63, 3.8) is 0 Å². The summed E-state index contributed by atoms with van der Waals surface area (Å²) >= 11 is 0. The molecule has 2 rings (SSSR count). The molecule has 1 heterocycles. The number of piperidine rings is 1. The highest BCUT2D eigenvalue weighted by atomic mass is 16.5. The van der Waals surface area contributed by atoms with E-state index in [0.717, 1.165) is 0 Å². The fourth-order valence-electron chi connectivity index (χ4n) is 2.60. The van der Waals surface area contributed by atoms with Gasteiger partial charge in [-0.25, -0.2) is 0 Å². The number of rotatable bonds is 3. The minimum Gasteiger partial charge on any atom is -0.495 e. The van der Waals surface area contributed by atoms with Crippen molar-refractivity contribution < 1.29 is 14.3 Å². The van der Waals surface area contributed by atoms with E-state index >= 15 is 0 Å². The minimum absolute atomic E-state index is 0.0000122. The molecule has 21 heavy (non-hydrogen) atoms. The number of nitrogens with zero attached hydrogens (tertiary/aromatic N) is 1. The molecule has 0 unspecified atom stereocenters. The molecule has 1 aromatic rings. The first kappa shape index (κ1) is 15.2. The van der Waals surface area contributed by atoms with Gasteiger partial charge < -0.3 is 20.7 Å². The lowest BCUT2D eigenvalue weighted by molar-refractivity contribution is -0.125. The topological polar surface area (TPSA) is 84.7 Å². The number of hydrogen-bond donors (Lipinski definition) is 2. The number of amides is 2. The number of anilines is 1. The maximum atomic E-state index is 12.4. The van der Waals surface area contributed by atoms with Crippen molar-refractivity contribution in [2.45, 2.75) is 12.8 Å². The molecule has 6 nitrogen and oxygen atoms in total. The van der Waals surface area contributed by atoms with Gasteiger partial charge >= 0.3 is 0 Å². The highest BCUT2D eigenvalue weighted by Crippen LogP contribution is 2.24. The van der Waals surface area contributed by atoms with Crippen LogP contribution in [0.15, 0.2) is 18.2 Å². The van der Waals surface area contributed by atoms with Crippen molar-refractivity contribution in [1.29, 1.82) is 0 Å².